The molecule has 2 unspecified atom stereocenters. The Balaban J connectivity index is 2.12. The first-order valence-corrected chi connectivity index (χ1v) is 9.61. The standard InChI is InChI=1S/C19H34O6/c1-15(2)11-7-5-4-6-10-14-23-19(21)25-17-13-9-8-12-16(17)24-18(20)22-3/h15-17H,4-14H2,1-3H3. The third kappa shape index (κ3) is 10.2. The molecule has 2 atom stereocenters. The van der Waals surface area contributed by atoms with Gasteiger partial charge in [0.2, 0.25) is 0 Å². The quantitative estimate of drug-likeness (QED) is 0.393. The van der Waals surface area contributed by atoms with Crippen molar-refractivity contribution >= 4 is 12.3 Å². The van der Waals surface area contributed by atoms with Gasteiger partial charge in [0.15, 0.2) is 0 Å². The SMILES string of the molecule is COC(=O)OC1CCCCC1OC(=O)OCCCCCCCC(C)C. The van der Waals surface area contributed by atoms with Crippen molar-refractivity contribution in [1.29, 1.82) is 0 Å². The summed E-state index contributed by atoms with van der Waals surface area (Å²) >= 11 is 0. The number of unbranched alkanes of at least 4 members (excludes halogenated alkanes) is 4. The van der Waals surface area contributed by atoms with Gasteiger partial charge in [0.05, 0.1) is 13.7 Å². The summed E-state index contributed by atoms with van der Waals surface area (Å²) in [5.74, 6) is 0.768. The predicted octanol–water partition coefficient (Wildman–Crippen LogP) is 5.23. The molecule has 1 fully saturated rings. The lowest BCUT2D eigenvalue weighted by atomic mass is 9.95. The van der Waals surface area contributed by atoms with Crippen molar-refractivity contribution in [1.82, 2.24) is 0 Å². The Morgan fingerprint density at radius 1 is 0.880 bits per heavy atom. The molecule has 0 N–H and O–H groups in total. The van der Waals surface area contributed by atoms with Crippen molar-refractivity contribution in [2.45, 2.75) is 90.3 Å². The average molecular weight is 358 g/mol. The van der Waals surface area contributed by atoms with Crippen molar-refractivity contribution < 1.29 is 28.5 Å². The van der Waals surface area contributed by atoms with Crippen LogP contribution in [0.2, 0.25) is 0 Å². The zero-order valence-electron chi connectivity index (χ0n) is 16.0. The minimum absolute atomic E-state index is 0.373. The lowest BCUT2D eigenvalue weighted by molar-refractivity contribution is -0.0681. The van der Waals surface area contributed by atoms with E-state index in [1.807, 2.05) is 0 Å². The molecule has 6 heteroatoms. The molecule has 25 heavy (non-hydrogen) atoms. The molecule has 0 aromatic heterocycles. The van der Waals surface area contributed by atoms with Crippen LogP contribution in [-0.2, 0) is 18.9 Å². The van der Waals surface area contributed by atoms with E-state index in [4.69, 9.17) is 14.2 Å². The van der Waals surface area contributed by atoms with E-state index < -0.39 is 24.5 Å². The molecule has 0 radical (unpaired) electrons. The number of carbonyl (C=O) groups is 2. The van der Waals surface area contributed by atoms with Crippen molar-refractivity contribution in [3.8, 4) is 0 Å². The fourth-order valence-corrected chi connectivity index (χ4v) is 3.00. The lowest BCUT2D eigenvalue weighted by Gasteiger charge is -2.29. The van der Waals surface area contributed by atoms with Gasteiger partial charge >= 0.3 is 12.3 Å². The maximum absolute atomic E-state index is 11.8. The summed E-state index contributed by atoms with van der Waals surface area (Å²) in [4.78, 5) is 23.1. The Morgan fingerprint density at radius 2 is 1.44 bits per heavy atom. The first-order valence-electron chi connectivity index (χ1n) is 9.61. The summed E-state index contributed by atoms with van der Waals surface area (Å²) in [5, 5.41) is 0. The summed E-state index contributed by atoms with van der Waals surface area (Å²) in [7, 11) is 1.26. The number of carbonyl (C=O) groups excluding carboxylic acids is 2. The molecule has 0 aromatic rings. The second-order valence-electron chi connectivity index (χ2n) is 7.10. The highest BCUT2D eigenvalue weighted by molar-refractivity contribution is 5.61. The number of ether oxygens (including phenoxy) is 4. The summed E-state index contributed by atoms with van der Waals surface area (Å²) in [5.41, 5.74) is 0. The lowest BCUT2D eigenvalue weighted by Crippen LogP contribution is -2.38. The fraction of sp³-hybridized carbons (Fsp3) is 0.895. The summed E-state index contributed by atoms with van der Waals surface area (Å²) in [6, 6.07) is 0. The zero-order valence-corrected chi connectivity index (χ0v) is 16.0. The average Bonchev–Trinajstić information content (AvgIpc) is 2.58. The molecule has 0 spiro atoms. The van der Waals surface area contributed by atoms with E-state index >= 15 is 0 Å². The van der Waals surface area contributed by atoms with E-state index in [-0.39, 0.29) is 0 Å². The Bertz CT molecular complexity index is 382. The van der Waals surface area contributed by atoms with Crippen molar-refractivity contribution in [3.05, 3.63) is 0 Å². The molecule has 0 aliphatic heterocycles. The predicted molar refractivity (Wildman–Crippen MR) is 94.5 cm³/mol. The van der Waals surface area contributed by atoms with Crippen molar-refractivity contribution in [3.63, 3.8) is 0 Å². The van der Waals surface area contributed by atoms with Crippen LogP contribution in [0.15, 0.2) is 0 Å². The minimum atomic E-state index is -0.744. The maximum atomic E-state index is 11.8. The van der Waals surface area contributed by atoms with E-state index in [0.29, 0.717) is 19.4 Å². The maximum Gasteiger partial charge on any atom is 0.508 e. The van der Waals surface area contributed by atoms with Crippen LogP contribution in [0.25, 0.3) is 0 Å². The molecule has 0 bridgehead atoms. The molecule has 0 heterocycles. The number of hydrogen-bond donors (Lipinski definition) is 0. The Hall–Kier alpha value is -1.46. The van der Waals surface area contributed by atoms with Crippen LogP contribution in [0.3, 0.4) is 0 Å². The van der Waals surface area contributed by atoms with Crippen LogP contribution in [-0.4, -0.2) is 38.2 Å². The van der Waals surface area contributed by atoms with Gasteiger partial charge < -0.3 is 18.9 Å². The number of hydrogen-bond acceptors (Lipinski definition) is 6. The summed E-state index contributed by atoms with van der Waals surface area (Å²) < 4.78 is 20.1. The van der Waals surface area contributed by atoms with Gasteiger partial charge in [-0.15, -0.1) is 0 Å². The smallest absolute Gasteiger partial charge is 0.438 e. The van der Waals surface area contributed by atoms with Crippen LogP contribution in [0.4, 0.5) is 9.59 Å². The van der Waals surface area contributed by atoms with Gasteiger partial charge in [-0.1, -0.05) is 46.0 Å². The first-order chi connectivity index (χ1) is 12.0. The van der Waals surface area contributed by atoms with Crippen molar-refractivity contribution in [2.24, 2.45) is 5.92 Å². The van der Waals surface area contributed by atoms with Crippen LogP contribution >= 0.6 is 0 Å². The second-order valence-corrected chi connectivity index (χ2v) is 7.10. The Morgan fingerprint density at radius 3 is 2.04 bits per heavy atom. The molecular weight excluding hydrogens is 324 g/mol. The Labute approximate surface area is 151 Å². The molecule has 0 amide bonds. The molecule has 146 valence electrons. The summed E-state index contributed by atoms with van der Waals surface area (Å²) in [6.07, 6.45) is 7.76. The topological polar surface area (TPSA) is 71.1 Å². The summed E-state index contributed by atoms with van der Waals surface area (Å²) in [6.45, 7) is 4.86. The Kier molecular flexibility index (Phi) is 11.1. The van der Waals surface area contributed by atoms with Gasteiger partial charge in [0.25, 0.3) is 0 Å². The third-order valence-electron chi connectivity index (χ3n) is 4.45. The van der Waals surface area contributed by atoms with E-state index in [0.717, 1.165) is 31.6 Å². The molecule has 1 aliphatic rings. The van der Waals surface area contributed by atoms with E-state index in [1.54, 1.807) is 0 Å². The monoisotopic (exact) mass is 358 g/mol. The van der Waals surface area contributed by atoms with E-state index in [9.17, 15) is 9.59 Å². The van der Waals surface area contributed by atoms with Crippen LogP contribution < -0.4 is 0 Å². The van der Waals surface area contributed by atoms with Crippen molar-refractivity contribution in [2.75, 3.05) is 13.7 Å². The first kappa shape index (κ1) is 21.6. The van der Waals surface area contributed by atoms with Gasteiger partial charge in [0, 0.05) is 0 Å². The molecule has 0 saturated heterocycles. The molecular formula is C19H34O6. The minimum Gasteiger partial charge on any atom is -0.438 e. The van der Waals surface area contributed by atoms with Gasteiger partial charge in [-0.2, -0.15) is 0 Å². The van der Waals surface area contributed by atoms with Crippen LogP contribution in [0.5, 0.6) is 0 Å². The van der Waals surface area contributed by atoms with Gasteiger partial charge in [0.1, 0.15) is 12.2 Å². The highest BCUT2D eigenvalue weighted by atomic mass is 16.8. The van der Waals surface area contributed by atoms with Gasteiger partial charge in [-0.05, 0) is 38.0 Å². The van der Waals surface area contributed by atoms with Gasteiger partial charge in [-0.25, -0.2) is 9.59 Å². The van der Waals surface area contributed by atoms with E-state index in [1.165, 1.54) is 32.8 Å². The number of methoxy groups -OCH3 is 1. The molecule has 0 aromatic carbocycles. The molecule has 6 nitrogen and oxygen atoms in total. The highest BCUT2D eigenvalue weighted by Gasteiger charge is 2.32. The molecule has 1 aliphatic carbocycles. The second kappa shape index (κ2) is 12.8. The van der Waals surface area contributed by atoms with Gasteiger partial charge in [-0.3, -0.25) is 0 Å². The molecule has 1 saturated carbocycles. The molecule has 1 rings (SSSR count). The fourth-order valence-electron chi connectivity index (χ4n) is 3.00. The number of rotatable bonds is 10. The van der Waals surface area contributed by atoms with Crippen LogP contribution in [0.1, 0.15) is 78.1 Å². The van der Waals surface area contributed by atoms with E-state index in [2.05, 4.69) is 18.6 Å². The normalized spacial score (nSPS) is 20.2. The van der Waals surface area contributed by atoms with Crippen LogP contribution in [0, 0.1) is 5.92 Å². The largest absolute Gasteiger partial charge is 0.508 e. The highest BCUT2D eigenvalue weighted by Crippen LogP contribution is 2.24. The zero-order chi connectivity index (χ0) is 18.5. The third-order valence-corrected chi connectivity index (χ3v) is 4.45.